The summed E-state index contributed by atoms with van der Waals surface area (Å²) in [5.41, 5.74) is 2.22. The third-order valence-corrected chi connectivity index (χ3v) is 4.49. The molecule has 2 aromatic carbocycles. The Morgan fingerprint density at radius 3 is 2.59 bits per heavy atom. The Hall–Kier alpha value is -2.69. The highest BCUT2D eigenvalue weighted by Gasteiger charge is 2.11. The monoisotopic (exact) mass is 404 g/mol. The molecule has 0 aromatic heterocycles. The smallest absolute Gasteiger partial charge is 0.344 e. The number of halogens is 1. The number of hydrogen-bond donors (Lipinski definition) is 1. The minimum atomic E-state index is -0.657. The molecule has 0 aliphatic rings. The van der Waals surface area contributed by atoms with Crippen LogP contribution in [0, 0.1) is 24.5 Å². The van der Waals surface area contributed by atoms with Crippen molar-refractivity contribution in [3.05, 3.63) is 52.5 Å². The first-order chi connectivity index (χ1) is 12.9. The van der Waals surface area contributed by atoms with E-state index in [4.69, 9.17) is 26.3 Å². The lowest BCUT2D eigenvalue weighted by molar-refractivity contribution is -0.149. The Kier molecular flexibility index (Phi) is 7.53. The van der Waals surface area contributed by atoms with E-state index in [9.17, 15) is 9.59 Å². The number of hydrogen-bond acceptors (Lipinski definition) is 6. The quantitative estimate of drug-likeness (QED) is 0.424. The summed E-state index contributed by atoms with van der Waals surface area (Å²) in [6.07, 6.45) is 0. The van der Waals surface area contributed by atoms with Gasteiger partial charge in [0.25, 0.3) is 5.91 Å². The predicted molar refractivity (Wildman–Crippen MR) is 104 cm³/mol. The summed E-state index contributed by atoms with van der Waals surface area (Å²) in [6, 6.07) is 10.2. The number of carbonyl (C=O) groups is 2. The number of esters is 1. The topological polar surface area (TPSA) is 88.4 Å². The van der Waals surface area contributed by atoms with E-state index in [1.165, 1.54) is 0 Å². The molecule has 0 heterocycles. The zero-order valence-corrected chi connectivity index (χ0v) is 16.3. The standard InChI is InChI=1S/C19H17ClN2O4S/c1-12-7-14(3-5-16(12)20)25-10-19(24)26-9-18(23)22-17-6-4-15(27-11-21)8-13(17)2/h3-8H,9-10H2,1-2H3,(H,22,23). The van der Waals surface area contributed by atoms with Gasteiger partial charge in [0.15, 0.2) is 13.2 Å². The summed E-state index contributed by atoms with van der Waals surface area (Å²) in [5.74, 6) is -0.631. The fourth-order valence-electron chi connectivity index (χ4n) is 2.12. The van der Waals surface area contributed by atoms with E-state index < -0.39 is 18.5 Å². The summed E-state index contributed by atoms with van der Waals surface area (Å²) in [4.78, 5) is 24.4. The number of nitriles is 1. The third kappa shape index (κ3) is 6.51. The number of nitrogens with zero attached hydrogens (tertiary/aromatic N) is 1. The van der Waals surface area contributed by atoms with Crippen LogP contribution in [0.2, 0.25) is 5.02 Å². The van der Waals surface area contributed by atoms with Crippen LogP contribution in [0.5, 0.6) is 5.75 Å². The Balaban J connectivity index is 1.78. The molecule has 0 radical (unpaired) electrons. The van der Waals surface area contributed by atoms with Gasteiger partial charge in [-0.15, -0.1) is 0 Å². The SMILES string of the molecule is Cc1cc(OCC(=O)OCC(=O)Nc2ccc(SC#N)cc2C)ccc1Cl. The molecule has 27 heavy (non-hydrogen) atoms. The van der Waals surface area contributed by atoms with Crippen LogP contribution < -0.4 is 10.1 Å². The molecule has 0 aliphatic heterocycles. The van der Waals surface area contributed by atoms with Crippen LogP contribution in [0.25, 0.3) is 0 Å². The lowest BCUT2D eigenvalue weighted by Crippen LogP contribution is -2.24. The number of benzene rings is 2. The minimum Gasteiger partial charge on any atom is -0.482 e. The molecule has 8 heteroatoms. The third-order valence-electron chi connectivity index (χ3n) is 3.49. The number of thiocyanates is 1. The molecule has 0 bridgehead atoms. The van der Waals surface area contributed by atoms with Crippen molar-refractivity contribution in [3.63, 3.8) is 0 Å². The molecule has 0 spiro atoms. The van der Waals surface area contributed by atoms with Crippen molar-refractivity contribution in [3.8, 4) is 11.2 Å². The molecule has 0 atom stereocenters. The molecule has 0 fully saturated rings. The second kappa shape index (κ2) is 9.86. The van der Waals surface area contributed by atoms with Gasteiger partial charge in [-0.1, -0.05) is 11.6 Å². The lowest BCUT2D eigenvalue weighted by atomic mass is 10.2. The largest absolute Gasteiger partial charge is 0.482 e. The number of thioether (sulfide) groups is 1. The van der Waals surface area contributed by atoms with Crippen molar-refractivity contribution < 1.29 is 19.1 Å². The summed E-state index contributed by atoms with van der Waals surface area (Å²) >= 11 is 6.96. The van der Waals surface area contributed by atoms with Crippen LogP contribution in [0.4, 0.5) is 5.69 Å². The maximum atomic E-state index is 11.9. The van der Waals surface area contributed by atoms with E-state index in [1.807, 2.05) is 19.2 Å². The number of carbonyl (C=O) groups excluding carboxylic acids is 2. The average Bonchev–Trinajstić information content (AvgIpc) is 2.63. The van der Waals surface area contributed by atoms with Gasteiger partial charge in [-0.05, 0) is 73.1 Å². The van der Waals surface area contributed by atoms with Gasteiger partial charge in [0.05, 0.1) is 0 Å². The van der Waals surface area contributed by atoms with Crippen LogP contribution in [-0.2, 0) is 14.3 Å². The molecule has 0 saturated carbocycles. The van der Waals surface area contributed by atoms with Crippen molar-refractivity contribution in [1.29, 1.82) is 5.26 Å². The second-order valence-electron chi connectivity index (χ2n) is 5.58. The van der Waals surface area contributed by atoms with E-state index in [0.717, 1.165) is 27.8 Å². The van der Waals surface area contributed by atoms with Crippen molar-refractivity contribution >= 4 is 40.9 Å². The molecule has 2 aromatic rings. The number of ether oxygens (including phenoxy) is 2. The van der Waals surface area contributed by atoms with E-state index in [0.29, 0.717) is 16.5 Å². The van der Waals surface area contributed by atoms with Crippen molar-refractivity contribution in [2.24, 2.45) is 0 Å². The van der Waals surface area contributed by atoms with Crippen LogP contribution in [-0.4, -0.2) is 25.1 Å². The Bertz CT molecular complexity index is 896. The van der Waals surface area contributed by atoms with Gasteiger partial charge in [-0.25, -0.2) is 4.79 Å². The molecule has 1 N–H and O–H groups in total. The Morgan fingerprint density at radius 1 is 1.15 bits per heavy atom. The van der Waals surface area contributed by atoms with Gasteiger partial charge in [0.2, 0.25) is 0 Å². The molecule has 0 saturated heterocycles. The molecule has 140 valence electrons. The Morgan fingerprint density at radius 2 is 1.93 bits per heavy atom. The highest BCUT2D eigenvalue weighted by atomic mass is 35.5. The maximum Gasteiger partial charge on any atom is 0.344 e. The van der Waals surface area contributed by atoms with Crippen LogP contribution in [0.3, 0.4) is 0 Å². The number of rotatable bonds is 7. The summed E-state index contributed by atoms with van der Waals surface area (Å²) in [5, 5.41) is 13.9. The van der Waals surface area contributed by atoms with E-state index >= 15 is 0 Å². The number of aryl methyl sites for hydroxylation is 2. The molecular weight excluding hydrogens is 388 g/mol. The summed E-state index contributed by atoms with van der Waals surface area (Å²) < 4.78 is 10.2. The highest BCUT2D eigenvalue weighted by molar-refractivity contribution is 8.03. The van der Waals surface area contributed by atoms with Gasteiger partial charge in [0.1, 0.15) is 11.2 Å². The van der Waals surface area contributed by atoms with Crippen LogP contribution in [0.1, 0.15) is 11.1 Å². The number of amides is 1. The van der Waals surface area contributed by atoms with Gasteiger partial charge >= 0.3 is 5.97 Å². The first kappa shape index (κ1) is 20.6. The number of anilines is 1. The fraction of sp³-hybridized carbons (Fsp3) is 0.211. The maximum absolute atomic E-state index is 11.9. The molecule has 6 nitrogen and oxygen atoms in total. The van der Waals surface area contributed by atoms with Crippen LogP contribution in [0.15, 0.2) is 41.3 Å². The first-order valence-corrected chi connectivity index (χ1v) is 9.09. The average molecular weight is 405 g/mol. The molecule has 0 aliphatic carbocycles. The van der Waals surface area contributed by atoms with Gasteiger partial charge in [-0.3, -0.25) is 4.79 Å². The first-order valence-electron chi connectivity index (χ1n) is 7.90. The van der Waals surface area contributed by atoms with Crippen molar-refractivity contribution in [2.75, 3.05) is 18.5 Å². The summed E-state index contributed by atoms with van der Waals surface area (Å²) in [7, 11) is 0. The predicted octanol–water partition coefficient (Wildman–Crippen LogP) is 4.09. The fourth-order valence-corrected chi connectivity index (χ4v) is 2.71. The van der Waals surface area contributed by atoms with Crippen LogP contribution >= 0.6 is 23.4 Å². The van der Waals surface area contributed by atoms with Crippen molar-refractivity contribution in [1.82, 2.24) is 0 Å². The highest BCUT2D eigenvalue weighted by Crippen LogP contribution is 2.23. The molecule has 1 amide bonds. The minimum absolute atomic E-state index is 0.312. The summed E-state index contributed by atoms with van der Waals surface area (Å²) in [6.45, 7) is 2.90. The molecular formula is C19H17ClN2O4S. The normalized spacial score (nSPS) is 10.0. The lowest BCUT2D eigenvalue weighted by Gasteiger charge is -2.10. The van der Waals surface area contributed by atoms with E-state index in [1.54, 1.807) is 36.4 Å². The van der Waals surface area contributed by atoms with Gasteiger partial charge < -0.3 is 14.8 Å². The molecule has 2 rings (SSSR count). The zero-order chi connectivity index (χ0) is 19.8. The van der Waals surface area contributed by atoms with Gasteiger partial charge in [-0.2, -0.15) is 5.26 Å². The van der Waals surface area contributed by atoms with Crippen molar-refractivity contribution in [2.45, 2.75) is 18.7 Å². The molecule has 0 unspecified atom stereocenters. The Labute approximate surface area is 166 Å². The van der Waals surface area contributed by atoms with Gasteiger partial charge in [0, 0.05) is 15.6 Å². The van der Waals surface area contributed by atoms with E-state index in [-0.39, 0.29) is 6.61 Å². The van der Waals surface area contributed by atoms with E-state index in [2.05, 4.69) is 5.32 Å². The zero-order valence-electron chi connectivity index (χ0n) is 14.7. The second-order valence-corrected chi connectivity index (χ2v) is 6.84. The number of nitrogens with one attached hydrogen (secondary N) is 1.